The maximum absolute atomic E-state index is 6.10. The predicted molar refractivity (Wildman–Crippen MR) is 125 cm³/mol. The van der Waals surface area contributed by atoms with Crippen LogP contribution in [0.5, 0.6) is 5.75 Å². The summed E-state index contributed by atoms with van der Waals surface area (Å²) in [6.45, 7) is 13.7. The molecule has 1 aromatic rings. The summed E-state index contributed by atoms with van der Waals surface area (Å²) < 4.78 is 6.10. The average molecular weight is 488 g/mol. The SMILES string of the molecule is CCNC(=NCCCN(CC)CC)N1CCC(Oc2ccccc2)CC1.I. The molecule has 0 radical (unpaired) electrons. The molecule has 1 saturated heterocycles. The van der Waals surface area contributed by atoms with Crippen LogP contribution in [-0.4, -0.2) is 67.7 Å². The van der Waals surface area contributed by atoms with E-state index in [1.54, 1.807) is 0 Å². The molecule has 6 heteroatoms. The average Bonchev–Trinajstić information content (AvgIpc) is 2.69. The Morgan fingerprint density at radius 1 is 1.15 bits per heavy atom. The molecule has 1 heterocycles. The molecule has 0 aliphatic carbocycles. The number of para-hydroxylation sites is 1. The van der Waals surface area contributed by atoms with Crippen molar-refractivity contribution in [2.24, 2.45) is 4.99 Å². The molecule has 0 amide bonds. The minimum atomic E-state index is 0. The lowest BCUT2D eigenvalue weighted by Gasteiger charge is -2.34. The van der Waals surface area contributed by atoms with Gasteiger partial charge in [0.25, 0.3) is 0 Å². The van der Waals surface area contributed by atoms with Gasteiger partial charge in [-0.25, -0.2) is 0 Å². The predicted octanol–water partition coefficient (Wildman–Crippen LogP) is 3.85. The number of rotatable bonds is 9. The third kappa shape index (κ3) is 8.68. The Morgan fingerprint density at radius 2 is 1.81 bits per heavy atom. The van der Waals surface area contributed by atoms with Crippen LogP contribution in [0.25, 0.3) is 0 Å². The van der Waals surface area contributed by atoms with Crippen molar-refractivity contribution in [3.05, 3.63) is 30.3 Å². The Morgan fingerprint density at radius 3 is 2.41 bits per heavy atom. The van der Waals surface area contributed by atoms with Gasteiger partial charge in [-0.2, -0.15) is 0 Å². The molecule has 0 unspecified atom stereocenters. The summed E-state index contributed by atoms with van der Waals surface area (Å²) in [6, 6.07) is 10.1. The number of guanidine groups is 1. The molecule has 1 aliphatic heterocycles. The first-order chi connectivity index (χ1) is 12.8. The molecule has 0 aromatic heterocycles. The van der Waals surface area contributed by atoms with Gasteiger partial charge >= 0.3 is 0 Å². The third-order valence-electron chi connectivity index (χ3n) is 4.91. The summed E-state index contributed by atoms with van der Waals surface area (Å²) in [4.78, 5) is 9.68. The smallest absolute Gasteiger partial charge is 0.193 e. The van der Waals surface area contributed by atoms with Gasteiger partial charge in [0.2, 0.25) is 0 Å². The first-order valence-electron chi connectivity index (χ1n) is 10.2. The second kappa shape index (κ2) is 14.0. The van der Waals surface area contributed by atoms with E-state index in [-0.39, 0.29) is 24.0 Å². The topological polar surface area (TPSA) is 40.1 Å². The number of aliphatic imine (C=N–C) groups is 1. The normalized spacial score (nSPS) is 15.6. The number of piperidine rings is 1. The van der Waals surface area contributed by atoms with Gasteiger partial charge < -0.3 is 19.9 Å². The molecule has 0 atom stereocenters. The number of ether oxygens (including phenoxy) is 1. The van der Waals surface area contributed by atoms with Crippen molar-refractivity contribution in [3.63, 3.8) is 0 Å². The van der Waals surface area contributed by atoms with Gasteiger partial charge in [-0.15, -0.1) is 24.0 Å². The minimum Gasteiger partial charge on any atom is -0.490 e. The molecule has 5 nitrogen and oxygen atoms in total. The van der Waals surface area contributed by atoms with Crippen LogP contribution in [0.3, 0.4) is 0 Å². The summed E-state index contributed by atoms with van der Waals surface area (Å²) in [7, 11) is 0. The summed E-state index contributed by atoms with van der Waals surface area (Å²) in [5, 5.41) is 3.45. The fourth-order valence-corrected chi connectivity index (χ4v) is 3.32. The van der Waals surface area contributed by atoms with Gasteiger partial charge in [-0.05, 0) is 45.1 Å². The van der Waals surface area contributed by atoms with E-state index in [9.17, 15) is 0 Å². The van der Waals surface area contributed by atoms with Crippen LogP contribution in [0.4, 0.5) is 0 Å². The molecule has 154 valence electrons. The van der Waals surface area contributed by atoms with E-state index >= 15 is 0 Å². The maximum atomic E-state index is 6.10. The van der Waals surface area contributed by atoms with Crippen LogP contribution in [0, 0.1) is 0 Å². The van der Waals surface area contributed by atoms with Gasteiger partial charge in [-0.1, -0.05) is 32.0 Å². The molecule has 27 heavy (non-hydrogen) atoms. The number of nitrogens with zero attached hydrogens (tertiary/aromatic N) is 3. The number of nitrogens with one attached hydrogen (secondary N) is 1. The summed E-state index contributed by atoms with van der Waals surface area (Å²) in [5.74, 6) is 2.04. The molecule has 2 rings (SSSR count). The molecule has 0 bridgehead atoms. The van der Waals surface area contributed by atoms with Gasteiger partial charge in [-0.3, -0.25) is 4.99 Å². The van der Waals surface area contributed by atoms with Crippen molar-refractivity contribution in [2.75, 3.05) is 45.8 Å². The highest BCUT2D eigenvalue weighted by molar-refractivity contribution is 14.0. The first-order valence-corrected chi connectivity index (χ1v) is 10.2. The van der Waals surface area contributed by atoms with Crippen LogP contribution < -0.4 is 10.1 Å². The fourth-order valence-electron chi connectivity index (χ4n) is 3.32. The monoisotopic (exact) mass is 488 g/mol. The van der Waals surface area contributed by atoms with Crippen LogP contribution >= 0.6 is 24.0 Å². The Labute approximate surface area is 182 Å². The Bertz CT molecular complexity index is 514. The molecule has 0 spiro atoms. The maximum Gasteiger partial charge on any atom is 0.193 e. The van der Waals surface area contributed by atoms with Gasteiger partial charge in [0.05, 0.1) is 0 Å². The zero-order chi connectivity index (χ0) is 18.6. The van der Waals surface area contributed by atoms with E-state index in [2.05, 4.69) is 35.9 Å². The molecule has 1 N–H and O–H groups in total. The highest BCUT2D eigenvalue weighted by atomic mass is 127. The zero-order valence-corrected chi connectivity index (χ0v) is 19.5. The number of benzene rings is 1. The van der Waals surface area contributed by atoms with E-state index in [1.165, 1.54) is 0 Å². The van der Waals surface area contributed by atoms with E-state index < -0.39 is 0 Å². The van der Waals surface area contributed by atoms with E-state index in [4.69, 9.17) is 9.73 Å². The number of hydrogen-bond donors (Lipinski definition) is 1. The Kier molecular flexibility index (Phi) is 12.5. The lowest BCUT2D eigenvalue weighted by molar-refractivity contribution is 0.129. The second-order valence-corrected chi connectivity index (χ2v) is 6.73. The van der Waals surface area contributed by atoms with Crippen molar-refractivity contribution in [2.45, 2.75) is 46.1 Å². The van der Waals surface area contributed by atoms with E-state index in [1.807, 2.05) is 30.3 Å². The van der Waals surface area contributed by atoms with E-state index in [0.29, 0.717) is 6.10 Å². The minimum absolute atomic E-state index is 0. The van der Waals surface area contributed by atoms with Gasteiger partial charge in [0.15, 0.2) is 5.96 Å². The van der Waals surface area contributed by atoms with Crippen LogP contribution in [0.1, 0.15) is 40.0 Å². The number of likely N-dealkylation sites (tertiary alicyclic amines) is 1. The largest absolute Gasteiger partial charge is 0.490 e. The second-order valence-electron chi connectivity index (χ2n) is 6.73. The van der Waals surface area contributed by atoms with Crippen molar-refractivity contribution >= 4 is 29.9 Å². The number of halogens is 1. The molecular weight excluding hydrogens is 451 g/mol. The quantitative estimate of drug-likeness (QED) is 0.248. The van der Waals surface area contributed by atoms with Crippen molar-refractivity contribution in [1.29, 1.82) is 0 Å². The molecule has 1 fully saturated rings. The van der Waals surface area contributed by atoms with Crippen molar-refractivity contribution < 1.29 is 4.74 Å². The third-order valence-corrected chi connectivity index (χ3v) is 4.91. The fraction of sp³-hybridized carbons (Fsp3) is 0.667. The van der Waals surface area contributed by atoms with E-state index in [0.717, 1.165) is 76.8 Å². The summed E-state index contributed by atoms with van der Waals surface area (Å²) >= 11 is 0. The Balaban J connectivity index is 0.00000364. The van der Waals surface area contributed by atoms with Crippen molar-refractivity contribution in [3.8, 4) is 5.75 Å². The van der Waals surface area contributed by atoms with Crippen LogP contribution in [0.2, 0.25) is 0 Å². The first kappa shape index (κ1) is 24.0. The van der Waals surface area contributed by atoms with Gasteiger partial charge in [0, 0.05) is 39.0 Å². The lowest BCUT2D eigenvalue weighted by Crippen LogP contribution is -2.47. The summed E-state index contributed by atoms with van der Waals surface area (Å²) in [5.41, 5.74) is 0. The lowest BCUT2D eigenvalue weighted by atomic mass is 10.1. The zero-order valence-electron chi connectivity index (χ0n) is 17.2. The van der Waals surface area contributed by atoms with Gasteiger partial charge in [0.1, 0.15) is 11.9 Å². The molecule has 0 saturated carbocycles. The molecule has 1 aliphatic rings. The highest BCUT2D eigenvalue weighted by Crippen LogP contribution is 2.18. The van der Waals surface area contributed by atoms with Crippen LogP contribution in [0.15, 0.2) is 35.3 Å². The summed E-state index contributed by atoms with van der Waals surface area (Å²) in [6.07, 6.45) is 3.50. The van der Waals surface area contributed by atoms with Crippen LogP contribution in [-0.2, 0) is 0 Å². The molecule has 1 aromatic carbocycles. The molecular formula is C21H37IN4O. The van der Waals surface area contributed by atoms with Crippen molar-refractivity contribution in [1.82, 2.24) is 15.1 Å². The number of hydrogen-bond acceptors (Lipinski definition) is 3. The standard InChI is InChI=1S/C21H36N4O.HI/c1-4-22-21(23-15-10-16-24(5-2)6-3)25-17-13-20(14-18-25)26-19-11-8-7-9-12-19;/h7-9,11-12,20H,4-6,10,13-18H2,1-3H3,(H,22,23);1H. The highest BCUT2D eigenvalue weighted by Gasteiger charge is 2.22. The Hall–Kier alpha value is -1.02.